The van der Waals surface area contributed by atoms with E-state index >= 15 is 0 Å². The van der Waals surface area contributed by atoms with Gasteiger partial charge >= 0.3 is 0 Å². The minimum atomic E-state index is 0.0890. The number of hydrogen-bond acceptors (Lipinski definition) is 6. The molecule has 0 N–H and O–H groups in total. The van der Waals surface area contributed by atoms with Crippen LogP contribution >= 0.6 is 11.6 Å². The first kappa shape index (κ1) is 21.0. The number of piperidine rings is 1. The van der Waals surface area contributed by atoms with Crippen molar-refractivity contribution < 1.29 is 4.79 Å². The summed E-state index contributed by atoms with van der Waals surface area (Å²) in [4.78, 5) is 19.8. The van der Waals surface area contributed by atoms with Gasteiger partial charge in [-0.3, -0.25) is 4.79 Å². The van der Waals surface area contributed by atoms with E-state index in [1.54, 1.807) is 4.52 Å². The number of carbonyl (C=O) groups is 1. The molecule has 0 unspecified atom stereocenters. The van der Waals surface area contributed by atoms with E-state index < -0.39 is 0 Å². The molecule has 2 saturated heterocycles. The van der Waals surface area contributed by atoms with Crippen molar-refractivity contribution in [3.63, 3.8) is 0 Å². The van der Waals surface area contributed by atoms with E-state index in [0.717, 1.165) is 74.4 Å². The van der Waals surface area contributed by atoms with E-state index in [0.29, 0.717) is 5.91 Å². The zero-order chi connectivity index (χ0) is 22.2. The van der Waals surface area contributed by atoms with Gasteiger partial charge in [0.15, 0.2) is 11.5 Å². The number of halogens is 1. The first-order valence-corrected chi connectivity index (χ1v) is 11.6. The molecule has 5 rings (SSSR count). The maximum absolute atomic E-state index is 13.2. The summed E-state index contributed by atoms with van der Waals surface area (Å²) in [5, 5.41) is 13.6. The highest BCUT2D eigenvalue weighted by Crippen LogP contribution is 2.27. The zero-order valence-corrected chi connectivity index (χ0v) is 19.3. The van der Waals surface area contributed by atoms with Crippen LogP contribution in [0, 0.1) is 19.8 Å². The first-order valence-electron chi connectivity index (χ1n) is 11.2. The molecule has 168 valence electrons. The summed E-state index contributed by atoms with van der Waals surface area (Å²) >= 11 is 6.20. The Balaban J connectivity index is 1.17. The Kier molecular flexibility index (Phi) is 5.63. The summed E-state index contributed by atoms with van der Waals surface area (Å²) in [5.74, 6) is 2.08. The van der Waals surface area contributed by atoms with Gasteiger partial charge in [0, 0.05) is 55.9 Å². The van der Waals surface area contributed by atoms with Crippen LogP contribution in [-0.4, -0.2) is 69.9 Å². The van der Waals surface area contributed by atoms with E-state index in [1.807, 2.05) is 36.1 Å². The van der Waals surface area contributed by atoms with Gasteiger partial charge in [-0.1, -0.05) is 17.7 Å². The highest BCUT2D eigenvalue weighted by molar-refractivity contribution is 6.30. The molecule has 9 heteroatoms. The van der Waals surface area contributed by atoms with Gasteiger partial charge in [0.2, 0.25) is 5.91 Å². The minimum absolute atomic E-state index is 0.0890. The molecule has 0 radical (unpaired) electrons. The van der Waals surface area contributed by atoms with Crippen molar-refractivity contribution in [2.75, 3.05) is 49.1 Å². The molecule has 3 aromatic rings. The number of carbonyl (C=O) groups excluding carboxylic acids is 1. The van der Waals surface area contributed by atoms with Crippen LogP contribution in [0.25, 0.3) is 5.65 Å². The Labute approximate surface area is 192 Å². The molecule has 2 aliphatic rings. The molecule has 0 saturated carbocycles. The molecule has 1 amide bonds. The number of aryl methyl sites for hydroxylation is 2. The second-order valence-electron chi connectivity index (χ2n) is 8.71. The summed E-state index contributed by atoms with van der Waals surface area (Å²) in [6.07, 6.45) is 1.71. The van der Waals surface area contributed by atoms with Gasteiger partial charge in [-0.05, 0) is 56.5 Å². The molecule has 0 spiro atoms. The quantitative estimate of drug-likeness (QED) is 0.607. The van der Waals surface area contributed by atoms with Crippen molar-refractivity contribution in [2.24, 2.45) is 5.92 Å². The van der Waals surface area contributed by atoms with Gasteiger partial charge in [0.25, 0.3) is 0 Å². The lowest BCUT2D eigenvalue weighted by atomic mass is 9.95. The van der Waals surface area contributed by atoms with Gasteiger partial charge < -0.3 is 14.7 Å². The number of hydrogen-bond donors (Lipinski definition) is 0. The normalized spacial score (nSPS) is 17.9. The fraction of sp³-hybridized carbons (Fsp3) is 0.478. The van der Waals surface area contributed by atoms with E-state index in [4.69, 9.17) is 11.6 Å². The summed E-state index contributed by atoms with van der Waals surface area (Å²) in [5.41, 5.74) is 3.14. The number of benzene rings is 1. The van der Waals surface area contributed by atoms with Crippen LogP contribution in [0.3, 0.4) is 0 Å². The Morgan fingerprint density at radius 2 is 1.69 bits per heavy atom. The zero-order valence-electron chi connectivity index (χ0n) is 18.5. The SMILES string of the molecule is Cc1ccc(Cl)cc1N1CCN(C(=O)C2CCN(c3ccc4nnc(C)n4n3)CC2)CC1. The predicted molar refractivity (Wildman–Crippen MR) is 125 cm³/mol. The van der Waals surface area contributed by atoms with Gasteiger partial charge in [-0.2, -0.15) is 4.52 Å². The third-order valence-electron chi connectivity index (χ3n) is 6.68. The summed E-state index contributed by atoms with van der Waals surface area (Å²) < 4.78 is 1.77. The maximum atomic E-state index is 13.2. The number of rotatable bonds is 3. The second kappa shape index (κ2) is 8.58. The standard InChI is InChI=1S/C23H28ClN7O/c1-16-3-4-19(24)15-20(16)28-11-13-30(14-12-28)23(32)18-7-9-29(10-8-18)22-6-5-21-26-25-17(2)31(21)27-22/h3-6,15,18H,7-14H2,1-2H3. The van der Waals surface area contributed by atoms with E-state index in [1.165, 1.54) is 11.3 Å². The Bertz CT molecular complexity index is 1130. The van der Waals surface area contributed by atoms with Crippen molar-refractivity contribution in [3.05, 3.63) is 46.7 Å². The van der Waals surface area contributed by atoms with E-state index in [9.17, 15) is 4.79 Å². The average molecular weight is 454 g/mol. The summed E-state index contributed by atoms with van der Waals surface area (Å²) in [6, 6.07) is 9.94. The van der Waals surface area contributed by atoms with Crippen LogP contribution in [0.5, 0.6) is 0 Å². The second-order valence-corrected chi connectivity index (χ2v) is 9.15. The number of piperazine rings is 1. The van der Waals surface area contributed by atoms with Crippen molar-refractivity contribution in [3.8, 4) is 0 Å². The van der Waals surface area contributed by atoms with Crippen molar-refractivity contribution in [1.82, 2.24) is 24.7 Å². The van der Waals surface area contributed by atoms with Crippen LogP contribution in [0.4, 0.5) is 11.5 Å². The topological polar surface area (TPSA) is 69.9 Å². The Morgan fingerprint density at radius 1 is 0.938 bits per heavy atom. The largest absolute Gasteiger partial charge is 0.368 e. The molecule has 0 bridgehead atoms. The molecule has 32 heavy (non-hydrogen) atoms. The van der Waals surface area contributed by atoms with Crippen LogP contribution in [0.2, 0.25) is 5.02 Å². The van der Waals surface area contributed by atoms with Gasteiger partial charge in [0.1, 0.15) is 5.82 Å². The summed E-state index contributed by atoms with van der Waals surface area (Å²) in [7, 11) is 0. The lowest BCUT2D eigenvalue weighted by Crippen LogP contribution is -2.52. The molecular weight excluding hydrogens is 426 g/mol. The highest BCUT2D eigenvalue weighted by atomic mass is 35.5. The highest BCUT2D eigenvalue weighted by Gasteiger charge is 2.31. The van der Waals surface area contributed by atoms with Gasteiger partial charge in [-0.15, -0.1) is 15.3 Å². The smallest absolute Gasteiger partial charge is 0.225 e. The number of nitrogens with zero attached hydrogens (tertiary/aromatic N) is 7. The fourth-order valence-electron chi connectivity index (χ4n) is 4.76. The lowest BCUT2D eigenvalue weighted by Gasteiger charge is -2.40. The third-order valence-corrected chi connectivity index (χ3v) is 6.91. The average Bonchev–Trinajstić information content (AvgIpc) is 3.20. The van der Waals surface area contributed by atoms with E-state index in [-0.39, 0.29) is 5.92 Å². The number of amides is 1. The van der Waals surface area contributed by atoms with Crippen molar-refractivity contribution in [2.45, 2.75) is 26.7 Å². The number of anilines is 2. The fourth-order valence-corrected chi connectivity index (χ4v) is 4.93. The number of fused-ring (bicyclic) bond motifs is 1. The molecular formula is C23H28ClN7O. The van der Waals surface area contributed by atoms with Gasteiger partial charge in [-0.25, -0.2) is 0 Å². The molecule has 4 heterocycles. The minimum Gasteiger partial charge on any atom is -0.368 e. The van der Waals surface area contributed by atoms with E-state index in [2.05, 4.69) is 38.1 Å². The molecule has 2 aliphatic heterocycles. The molecule has 0 aliphatic carbocycles. The van der Waals surface area contributed by atoms with Gasteiger partial charge in [0.05, 0.1) is 0 Å². The predicted octanol–water partition coefficient (Wildman–Crippen LogP) is 2.96. The molecule has 2 fully saturated rings. The Morgan fingerprint density at radius 3 is 2.44 bits per heavy atom. The van der Waals surface area contributed by atoms with Crippen LogP contribution in [0.15, 0.2) is 30.3 Å². The molecule has 0 atom stereocenters. The third kappa shape index (κ3) is 3.99. The van der Waals surface area contributed by atoms with Crippen LogP contribution < -0.4 is 9.80 Å². The molecule has 2 aromatic heterocycles. The summed E-state index contributed by atoms with van der Waals surface area (Å²) in [6.45, 7) is 8.87. The molecule has 1 aromatic carbocycles. The van der Waals surface area contributed by atoms with Crippen molar-refractivity contribution in [1.29, 1.82) is 0 Å². The first-order chi connectivity index (χ1) is 15.5. The van der Waals surface area contributed by atoms with Crippen LogP contribution in [-0.2, 0) is 4.79 Å². The number of aromatic nitrogens is 4. The monoisotopic (exact) mass is 453 g/mol. The molecule has 8 nitrogen and oxygen atoms in total. The van der Waals surface area contributed by atoms with Crippen molar-refractivity contribution >= 4 is 34.7 Å². The maximum Gasteiger partial charge on any atom is 0.225 e. The van der Waals surface area contributed by atoms with Crippen LogP contribution in [0.1, 0.15) is 24.2 Å². The lowest BCUT2D eigenvalue weighted by molar-refractivity contribution is -0.136. The Hall–Kier alpha value is -2.87.